The summed E-state index contributed by atoms with van der Waals surface area (Å²) in [6.07, 6.45) is 5.42. The fourth-order valence-electron chi connectivity index (χ4n) is 6.74. The van der Waals surface area contributed by atoms with E-state index in [1.807, 2.05) is 41.5 Å². The van der Waals surface area contributed by atoms with Crippen LogP contribution in [0.1, 0.15) is 92.1 Å². The second kappa shape index (κ2) is 21.7. The van der Waals surface area contributed by atoms with E-state index in [4.69, 9.17) is 24.6 Å². The van der Waals surface area contributed by atoms with Crippen LogP contribution in [0, 0.1) is 5.41 Å². The van der Waals surface area contributed by atoms with Crippen molar-refractivity contribution in [2.45, 2.75) is 123 Å². The lowest BCUT2D eigenvalue weighted by Gasteiger charge is -2.40. The Morgan fingerprint density at radius 1 is 0.909 bits per heavy atom. The molecule has 3 rings (SSSR count). The molecule has 0 spiro atoms. The number of carbonyl (C=O) groups excluding carboxylic acids is 5. The van der Waals surface area contributed by atoms with E-state index < -0.39 is 47.4 Å². The monoisotopic (exact) mass is 776 g/mol. The second-order valence-electron chi connectivity index (χ2n) is 15.1. The number of amides is 4. The Balaban J connectivity index is 1.90. The molecule has 17 nitrogen and oxygen atoms in total. The minimum absolute atomic E-state index is 0.00775. The molecule has 4 unspecified atom stereocenters. The van der Waals surface area contributed by atoms with Gasteiger partial charge in [0.1, 0.15) is 24.7 Å². The van der Waals surface area contributed by atoms with Crippen molar-refractivity contribution in [3.63, 3.8) is 0 Å². The molecule has 5 N–H and O–H groups in total. The van der Waals surface area contributed by atoms with Gasteiger partial charge in [-0.05, 0) is 63.0 Å². The van der Waals surface area contributed by atoms with Gasteiger partial charge < -0.3 is 35.1 Å². The van der Waals surface area contributed by atoms with Gasteiger partial charge >= 0.3 is 18.1 Å². The molecule has 1 aliphatic heterocycles. The number of nitrogens with one attached hydrogen (secondary N) is 3. The van der Waals surface area contributed by atoms with Gasteiger partial charge in [-0.3, -0.25) is 24.6 Å². The fraction of sp³-hybridized carbons (Fsp3) is 0.658. The van der Waals surface area contributed by atoms with E-state index in [2.05, 4.69) is 20.8 Å². The number of piperidine rings is 1. The summed E-state index contributed by atoms with van der Waals surface area (Å²) in [4.78, 5) is 74.4. The highest BCUT2D eigenvalue weighted by atomic mass is 17.1. The van der Waals surface area contributed by atoms with E-state index in [0.717, 1.165) is 25.7 Å². The topological polar surface area (TPSA) is 210 Å². The Morgan fingerprint density at radius 2 is 1.55 bits per heavy atom. The molecule has 2 aromatic rings. The first kappa shape index (κ1) is 45.1. The van der Waals surface area contributed by atoms with Crippen LogP contribution in [0.2, 0.25) is 0 Å². The average molecular weight is 777 g/mol. The summed E-state index contributed by atoms with van der Waals surface area (Å²) >= 11 is 0. The number of esters is 1. The fourth-order valence-corrected chi connectivity index (χ4v) is 6.74. The highest BCUT2D eigenvalue weighted by Crippen LogP contribution is 2.26. The molecule has 0 saturated carbocycles. The van der Waals surface area contributed by atoms with Crippen molar-refractivity contribution in [2.75, 3.05) is 33.5 Å². The van der Waals surface area contributed by atoms with Crippen molar-refractivity contribution in [3.8, 4) is 0 Å². The molecule has 17 heteroatoms. The molecule has 1 aliphatic rings. The molecular weight excluding hydrogens is 716 g/mol. The smallest absolute Gasteiger partial charge is 0.418 e. The summed E-state index contributed by atoms with van der Waals surface area (Å²) in [6, 6.07) is 3.43. The molecule has 4 amide bonds. The lowest BCUT2D eigenvalue weighted by atomic mass is 9.87. The van der Waals surface area contributed by atoms with Gasteiger partial charge in [-0.15, -0.1) is 0 Å². The third-order valence-electron chi connectivity index (χ3n) is 9.44. The normalized spacial score (nSPS) is 17.7. The number of unbranched alkanes of at least 4 members (excludes halogenated alkanes) is 1. The summed E-state index contributed by atoms with van der Waals surface area (Å²) in [5, 5.41) is 26.1. The van der Waals surface area contributed by atoms with Crippen LogP contribution in [0.25, 0.3) is 10.9 Å². The largest absolute Gasteiger partial charge is 0.462 e. The molecule has 2 heterocycles. The van der Waals surface area contributed by atoms with Gasteiger partial charge in [-0.2, -0.15) is 0 Å². The van der Waals surface area contributed by atoms with Crippen molar-refractivity contribution in [1.82, 2.24) is 30.8 Å². The zero-order chi connectivity index (χ0) is 40.7. The number of rotatable bonds is 19. The first-order valence-electron chi connectivity index (χ1n) is 19.0. The maximum atomic E-state index is 14.3. The molecule has 1 aromatic carbocycles. The predicted molar refractivity (Wildman–Crippen MR) is 201 cm³/mol. The van der Waals surface area contributed by atoms with E-state index in [1.54, 1.807) is 35.4 Å². The van der Waals surface area contributed by atoms with Crippen LogP contribution in [0.15, 0.2) is 30.5 Å². The highest BCUT2D eigenvalue weighted by molar-refractivity contribution is 5.95. The quantitative estimate of drug-likeness (QED) is 0.0768. The molecular formula is C38H60N6O11. The minimum atomic E-state index is -1.24. The van der Waals surface area contributed by atoms with Crippen LogP contribution >= 0.6 is 0 Å². The summed E-state index contributed by atoms with van der Waals surface area (Å²) in [7, 11) is 1.26. The van der Waals surface area contributed by atoms with E-state index in [0.29, 0.717) is 22.9 Å². The van der Waals surface area contributed by atoms with E-state index in [9.17, 15) is 24.0 Å². The van der Waals surface area contributed by atoms with Gasteiger partial charge in [-0.1, -0.05) is 58.7 Å². The maximum absolute atomic E-state index is 14.3. The summed E-state index contributed by atoms with van der Waals surface area (Å²) in [6.45, 7) is 11.5. The van der Waals surface area contributed by atoms with Crippen molar-refractivity contribution in [1.29, 1.82) is 0 Å². The lowest BCUT2D eigenvalue weighted by Crippen LogP contribution is -2.60. The zero-order valence-corrected chi connectivity index (χ0v) is 33.2. The van der Waals surface area contributed by atoms with Crippen LogP contribution in [0.5, 0.6) is 0 Å². The first-order chi connectivity index (χ1) is 26.1. The molecule has 1 saturated heterocycles. The van der Waals surface area contributed by atoms with Gasteiger partial charge in [0.2, 0.25) is 11.8 Å². The number of ether oxygens (including phenoxy) is 3. The van der Waals surface area contributed by atoms with E-state index in [1.165, 1.54) is 11.7 Å². The van der Waals surface area contributed by atoms with Crippen LogP contribution in [-0.2, 0) is 39.9 Å². The Labute approximate surface area is 322 Å². The number of benzene rings is 1. The number of para-hydroxylation sites is 1. The van der Waals surface area contributed by atoms with Gasteiger partial charge in [0.25, 0.3) is 0 Å². The summed E-state index contributed by atoms with van der Waals surface area (Å²) in [5.74, 6) is -1.93. The van der Waals surface area contributed by atoms with Gasteiger partial charge in [0.05, 0.1) is 37.8 Å². The Hall–Kier alpha value is -4.29. The molecule has 5 atom stereocenters. The number of nitrogens with zero attached hydrogens (tertiary/aromatic N) is 3. The first-order valence-corrected chi connectivity index (χ1v) is 19.0. The molecule has 0 radical (unpaired) electrons. The maximum Gasteiger partial charge on any atom is 0.418 e. The van der Waals surface area contributed by atoms with Crippen LogP contribution in [0.3, 0.4) is 0 Å². The number of hydrogen-bond donors (Lipinski definition) is 5. The number of urea groups is 1. The molecule has 0 aliphatic carbocycles. The standard InChI is InChI=1S/C38H60N6O11/c1-8-9-16-29(35(47)54-20-18-53-19-21-55-44(50)51)39-33(45)30(22-27-24-42(37(49)52-7)32-17-11-10-15-28(27)32)40-34(46)31(23-38(4,5)6)41-36(48)43-25(2)13-12-14-26(43)3/h10-11,15,17,24-26,29-31,50-51H,8-9,12-14,16,18-23H2,1-7H3,(H,39,45)(H,40,46)(H,41,48)/t25?,26?,29-,30?,31?/m1/s1. The second-order valence-corrected chi connectivity index (χ2v) is 15.1. The number of aromatic nitrogens is 1. The third kappa shape index (κ3) is 14.1. The van der Waals surface area contributed by atoms with Gasteiger partial charge in [0, 0.05) is 30.1 Å². The Kier molecular flexibility index (Phi) is 17.8. The van der Waals surface area contributed by atoms with Crippen molar-refractivity contribution in [2.24, 2.45) is 5.41 Å². The van der Waals surface area contributed by atoms with Crippen LogP contribution in [0.4, 0.5) is 9.59 Å². The molecule has 0 bridgehead atoms. The average Bonchev–Trinajstić information content (AvgIpc) is 3.49. The zero-order valence-electron chi connectivity index (χ0n) is 33.2. The number of carbonyl (C=O) groups is 5. The number of methoxy groups -OCH3 is 1. The number of fused-ring (bicyclic) bond motifs is 1. The van der Waals surface area contributed by atoms with Crippen molar-refractivity contribution in [3.05, 3.63) is 36.0 Å². The molecule has 55 heavy (non-hydrogen) atoms. The molecule has 1 aromatic heterocycles. The Morgan fingerprint density at radius 3 is 2.18 bits per heavy atom. The van der Waals surface area contributed by atoms with Crippen molar-refractivity contribution >= 4 is 40.8 Å². The van der Waals surface area contributed by atoms with Crippen LogP contribution in [-0.4, -0.2) is 119 Å². The Bertz CT molecular complexity index is 1570. The van der Waals surface area contributed by atoms with E-state index >= 15 is 0 Å². The number of hydrogen-bond acceptors (Lipinski definition) is 12. The lowest BCUT2D eigenvalue weighted by molar-refractivity contribution is -0.493. The van der Waals surface area contributed by atoms with Gasteiger partial charge in [0.15, 0.2) is 0 Å². The third-order valence-corrected chi connectivity index (χ3v) is 9.44. The number of likely N-dealkylation sites (tertiary alicyclic amines) is 1. The van der Waals surface area contributed by atoms with Gasteiger partial charge in [-0.25, -0.2) is 19.2 Å². The summed E-state index contributed by atoms with van der Waals surface area (Å²) in [5.41, 5.74) is 0.720. The van der Waals surface area contributed by atoms with Crippen molar-refractivity contribution < 1.29 is 53.4 Å². The summed E-state index contributed by atoms with van der Waals surface area (Å²) < 4.78 is 17.0. The highest BCUT2D eigenvalue weighted by Gasteiger charge is 2.36. The van der Waals surface area contributed by atoms with E-state index in [-0.39, 0.29) is 69.2 Å². The van der Waals surface area contributed by atoms with Crippen LogP contribution < -0.4 is 16.0 Å². The SMILES string of the molecule is CCCC[C@@H](NC(=O)C(Cc1cn(C(=O)OC)c2ccccc12)NC(=O)C(CC(C)(C)C)NC(=O)N1C(C)CCCC1C)C(=O)OCCOCCON(O)O. The molecule has 308 valence electrons. The predicted octanol–water partition coefficient (Wildman–Crippen LogP) is 4.31. The molecule has 1 fully saturated rings. The minimum Gasteiger partial charge on any atom is -0.462 e.